The van der Waals surface area contributed by atoms with E-state index in [1.54, 1.807) is 4.90 Å². The van der Waals surface area contributed by atoms with Crippen LogP contribution in [0.25, 0.3) is 0 Å². The number of β-amino-alcohol motifs (C(OH)–C–C–N with tert-alkyl or cyclic N) is 2. The number of nitrogens with one attached hydrogen (secondary N) is 1. The highest BCUT2D eigenvalue weighted by molar-refractivity contribution is 5.81. The van der Waals surface area contributed by atoms with Crippen molar-refractivity contribution in [1.29, 1.82) is 0 Å². The molecule has 3 unspecified atom stereocenters. The summed E-state index contributed by atoms with van der Waals surface area (Å²) in [4.78, 5) is 13.2. The van der Waals surface area contributed by atoms with Gasteiger partial charge in [-0.2, -0.15) is 0 Å². The molecule has 15 heavy (non-hydrogen) atoms. The van der Waals surface area contributed by atoms with Crippen LogP contribution in [-0.4, -0.2) is 52.4 Å². The van der Waals surface area contributed by atoms with Gasteiger partial charge in [0.1, 0.15) is 0 Å². The SMILES string of the molecule is CCCC(C(=O)NN)N1CC(O)C(O)C1. The molecule has 88 valence electrons. The number of nitrogens with two attached hydrogens (primary N) is 1. The Balaban J connectivity index is 2.61. The Bertz CT molecular complexity index is 215. The van der Waals surface area contributed by atoms with E-state index in [0.717, 1.165) is 6.42 Å². The molecular formula is C9H19N3O3. The van der Waals surface area contributed by atoms with Crippen LogP contribution >= 0.6 is 0 Å². The van der Waals surface area contributed by atoms with Gasteiger partial charge in [0.2, 0.25) is 0 Å². The molecule has 0 aromatic heterocycles. The summed E-state index contributed by atoms with van der Waals surface area (Å²) in [5.74, 6) is 4.82. The van der Waals surface area contributed by atoms with Crippen molar-refractivity contribution in [2.45, 2.75) is 38.0 Å². The highest BCUT2D eigenvalue weighted by atomic mass is 16.3. The second-order valence-corrected chi connectivity index (χ2v) is 3.90. The minimum Gasteiger partial charge on any atom is -0.389 e. The number of likely N-dealkylation sites (tertiary alicyclic amines) is 1. The van der Waals surface area contributed by atoms with Gasteiger partial charge in [-0.3, -0.25) is 15.1 Å². The maximum absolute atomic E-state index is 11.5. The van der Waals surface area contributed by atoms with Crippen molar-refractivity contribution in [3.05, 3.63) is 0 Å². The van der Waals surface area contributed by atoms with Gasteiger partial charge in [-0.1, -0.05) is 13.3 Å². The van der Waals surface area contributed by atoms with E-state index in [-0.39, 0.29) is 11.9 Å². The van der Waals surface area contributed by atoms with E-state index >= 15 is 0 Å². The first kappa shape index (κ1) is 12.4. The van der Waals surface area contributed by atoms with Gasteiger partial charge >= 0.3 is 0 Å². The van der Waals surface area contributed by atoms with Crippen LogP contribution in [0.4, 0.5) is 0 Å². The fourth-order valence-electron chi connectivity index (χ4n) is 1.90. The van der Waals surface area contributed by atoms with Crippen molar-refractivity contribution in [2.75, 3.05) is 13.1 Å². The molecule has 5 N–H and O–H groups in total. The predicted octanol–water partition coefficient (Wildman–Crippen LogP) is -1.82. The minimum atomic E-state index is -0.769. The smallest absolute Gasteiger partial charge is 0.251 e. The average molecular weight is 217 g/mol. The molecule has 1 saturated heterocycles. The number of carbonyl (C=O) groups is 1. The fourth-order valence-corrected chi connectivity index (χ4v) is 1.90. The Kier molecular flexibility index (Phi) is 4.46. The molecular weight excluding hydrogens is 198 g/mol. The molecule has 1 heterocycles. The molecule has 1 aliphatic rings. The highest BCUT2D eigenvalue weighted by Gasteiger charge is 2.36. The number of hydrogen-bond acceptors (Lipinski definition) is 5. The number of amides is 1. The number of hydrogen-bond donors (Lipinski definition) is 4. The molecule has 0 aliphatic carbocycles. The molecule has 6 nitrogen and oxygen atoms in total. The van der Waals surface area contributed by atoms with Crippen molar-refractivity contribution >= 4 is 5.91 Å². The van der Waals surface area contributed by atoms with Crippen LogP contribution in [0.1, 0.15) is 19.8 Å². The first-order valence-corrected chi connectivity index (χ1v) is 5.20. The van der Waals surface area contributed by atoms with Crippen molar-refractivity contribution in [2.24, 2.45) is 5.84 Å². The van der Waals surface area contributed by atoms with E-state index in [1.165, 1.54) is 0 Å². The molecule has 1 amide bonds. The third-order valence-corrected chi connectivity index (χ3v) is 2.74. The van der Waals surface area contributed by atoms with Crippen LogP contribution < -0.4 is 11.3 Å². The largest absolute Gasteiger partial charge is 0.389 e. The normalized spacial score (nSPS) is 29.1. The van der Waals surface area contributed by atoms with E-state index in [4.69, 9.17) is 5.84 Å². The number of nitrogens with zero attached hydrogens (tertiary/aromatic N) is 1. The van der Waals surface area contributed by atoms with Crippen LogP contribution in [0.3, 0.4) is 0 Å². The summed E-state index contributed by atoms with van der Waals surface area (Å²) in [6, 6.07) is -0.355. The topological polar surface area (TPSA) is 98.8 Å². The summed E-state index contributed by atoms with van der Waals surface area (Å²) in [7, 11) is 0. The molecule has 1 fully saturated rings. The third kappa shape index (κ3) is 2.88. The summed E-state index contributed by atoms with van der Waals surface area (Å²) in [6.45, 7) is 2.61. The van der Waals surface area contributed by atoms with Gasteiger partial charge in [0, 0.05) is 13.1 Å². The summed E-state index contributed by atoms with van der Waals surface area (Å²) in [5.41, 5.74) is 2.11. The second-order valence-electron chi connectivity index (χ2n) is 3.90. The van der Waals surface area contributed by atoms with Crippen LogP contribution in [0, 0.1) is 0 Å². The zero-order chi connectivity index (χ0) is 11.4. The Labute approximate surface area is 89.0 Å². The van der Waals surface area contributed by atoms with Gasteiger partial charge in [-0.15, -0.1) is 0 Å². The molecule has 1 rings (SSSR count). The summed E-state index contributed by atoms with van der Waals surface area (Å²) >= 11 is 0. The first-order valence-electron chi connectivity index (χ1n) is 5.20. The number of aliphatic hydroxyl groups excluding tert-OH is 2. The average Bonchev–Trinajstić information content (AvgIpc) is 2.54. The van der Waals surface area contributed by atoms with E-state index in [1.807, 2.05) is 6.92 Å². The molecule has 0 saturated carbocycles. The van der Waals surface area contributed by atoms with Gasteiger partial charge in [0.25, 0.3) is 5.91 Å². The summed E-state index contributed by atoms with van der Waals surface area (Å²) < 4.78 is 0. The second kappa shape index (κ2) is 5.41. The Morgan fingerprint density at radius 3 is 2.47 bits per heavy atom. The lowest BCUT2D eigenvalue weighted by atomic mass is 10.1. The number of aliphatic hydroxyl groups is 2. The first-order chi connectivity index (χ1) is 7.10. The Hall–Kier alpha value is -0.690. The zero-order valence-electron chi connectivity index (χ0n) is 8.89. The molecule has 0 aromatic carbocycles. The van der Waals surface area contributed by atoms with Crippen molar-refractivity contribution in [3.8, 4) is 0 Å². The van der Waals surface area contributed by atoms with E-state index < -0.39 is 12.2 Å². The molecule has 1 aliphatic heterocycles. The summed E-state index contributed by atoms with van der Waals surface area (Å²) in [5, 5.41) is 18.8. The van der Waals surface area contributed by atoms with Crippen LogP contribution in [0.2, 0.25) is 0 Å². The molecule has 0 bridgehead atoms. The van der Waals surface area contributed by atoms with E-state index in [9.17, 15) is 15.0 Å². The highest BCUT2D eigenvalue weighted by Crippen LogP contribution is 2.16. The quantitative estimate of drug-likeness (QED) is 0.252. The minimum absolute atomic E-state index is 0.266. The number of rotatable bonds is 4. The van der Waals surface area contributed by atoms with Crippen molar-refractivity contribution < 1.29 is 15.0 Å². The van der Waals surface area contributed by atoms with Crippen LogP contribution in [-0.2, 0) is 4.79 Å². The molecule has 6 heteroatoms. The van der Waals surface area contributed by atoms with Crippen LogP contribution in [0.5, 0.6) is 0 Å². The predicted molar refractivity (Wildman–Crippen MR) is 54.6 cm³/mol. The van der Waals surface area contributed by atoms with Crippen molar-refractivity contribution in [3.63, 3.8) is 0 Å². The van der Waals surface area contributed by atoms with Gasteiger partial charge < -0.3 is 10.2 Å². The Morgan fingerprint density at radius 2 is 2.07 bits per heavy atom. The molecule has 0 radical (unpaired) electrons. The molecule has 0 aromatic rings. The Morgan fingerprint density at radius 1 is 1.53 bits per heavy atom. The standard InChI is InChI=1S/C9H19N3O3/c1-2-3-6(9(15)11-10)12-4-7(13)8(14)5-12/h6-8,13-14H,2-5,10H2,1H3,(H,11,15). The number of carbonyl (C=O) groups excluding carboxylic acids is 1. The van der Waals surface area contributed by atoms with E-state index in [0.29, 0.717) is 19.5 Å². The molecule has 0 spiro atoms. The van der Waals surface area contributed by atoms with Gasteiger partial charge in [-0.25, -0.2) is 5.84 Å². The van der Waals surface area contributed by atoms with Gasteiger partial charge in [0.15, 0.2) is 0 Å². The fraction of sp³-hybridized carbons (Fsp3) is 0.889. The lowest BCUT2D eigenvalue weighted by molar-refractivity contribution is -0.126. The van der Waals surface area contributed by atoms with Crippen LogP contribution in [0.15, 0.2) is 0 Å². The zero-order valence-corrected chi connectivity index (χ0v) is 8.89. The number of hydrazine groups is 1. The monoisotopic (exact) mass is 217 g/mol. The third-order valence-electron chi connectivity index (χ3n) is 2.74. The van der Waals surface area contributed by atoms with Gasteiger partial charge in [0.05, 0.1) is 18.2 Å². The maximum Gasteiger partial charge on any atom is 0.251 e. The van der Waals surface area contributed by atoms with Gasteiger partial charge in [-0.05, 0) is 6.42 Å². The molecule has 3 atom stereocenters. The lowest BCUT2D eigenvalue weighted by Crippen LogP contribution is -2.48. The lowest BCUT2D eigenvalue weighted by Gasteiger charge is -2.25. The van der Waals surface area contributed by atoms with Crippen molar-refractivity contribution in [1.82, 2.24) is 10.3 Å². The summed E-state index contributed by atoms with van der Waals surface area (Å²) in [6.07, 6.45) is -0.0201. The maximum atomic E-state index is 11.5. The van der Waals surface area contributed by atoms with E-state index in [2.05, 4.69) is 5.43 Å².